The minimum Gasteiger partial charge on any atom is -0.510 e. The van der Waals surface area contributed by atoms with Gasteiger partial charge in [0.25, 0.3) is 6.33 Å². The minimum absolute atomic E-state index is 0. The number of nitrogens with zero attached hydrogens (tertiary/aromatic N) is 4. The van der Waals surface area contributed by atoms with E-state index in [0.717, 1.165) is 51.6 Å². The topological polar surface area (TPSA) is 35.9 Å². The molecule has 0 spiro atoms. The molecule has 6 heteroatoms. The predicted molar refractivity (Wildman–Crippen MR) is 260 cm³/mol. The second kappa shape index (κ2) is 18.0. The first-order valence-corrected chi connectivity index (χ1v) is 21.2. The summed E-state index contributed by atoms with van der Waals surface area (Å²) >= 11 is 0. The van der Waals surface area contributed by atoms with Gasteiger partial charge in [-0.1, -0.05) is 159 Å². The normalized spacial score (nSPS) is 13.5. The Labute approximate surface area is 408 Å². The van der Waals surface area contributed by atoms with Crippen LogP contribution in [0.1, 0.15) is 51.9 Å². The molecule has 5 nitrogen and oxygen atoms in total. The molecule has 0 bridgehead atoms. The number of benzene rings is 8. The van der Waals surface area contributed by atoms with Crippen LogP contribution in [0.2, 0.25) is 0 Å². The molecule has 318 valence electrons. The van der Waals surface area contributed by atoms with Crippen LogP contribution in [-0.4, -0.2) is 14.1 Å². The molecule has 0 unspecified atom stereocenters. The molecule has 8 aromatic carbocycles. The van der Waals surface area contributed by atoms with Crippen molar-refractivity contribution in [2.24, 2.45) is 0 Å². The minimum atomic E-state index is -0.576. The zero-order valence-electron chi connectivity index (χ0n) is 45.3. The first kappa shape index (κ1) is 31.5. The van der Waals surface area contributed by atoms with E-state index < -0.39 is 60.4 Å². The van der Waals surface area contributed by atoms with E-state index in [1.807, 2.05) is 91.1 Å². The third-order valence-electron chi connectivity index (χ3n) is 11.8. The molecule has 0 aliphatic heterocycles. The number of fused-ring (bicyclic) bond motifs is 4. The molecular formula is C59H44N4OPt-2. The Morgan fingerprint density at radius 2 is 1.31 bits per heavy atom. The van der Waals surface area contributed by atoms with Crippen LogP contribution >= 0.6 is 0 Å². The summed E-state index contributed by atoms with van der Waals surface area (Å²) in [6.45, 7) is 4.40. The number of para-hydroxylation sites is 2. The van der Waals surface area contributed by atoms with Crippen LogP contribution in [0.5, 0.6) is 11.5 Å². The Morgan fingerprint density at radius 3 is 2.05 bits per heavy atom. The fourth-order valence-corrected chi connectivity index (χ4v) is 8.71. The monoisotopic (exact) mass is 1030 g/mol. The van der Waals surface area contributed by atoms with Crippen molar-refractivity contribution < 1.29 is 44.1 Å². The van der Waals surface area contributed by atoms with Crippen molar-refractivity contribution >= 4 is 32.8 Å². The summed E-state index contributed by atoms with van der Waals surface area (Å²) in [5.41, 5.74) is 6.53. The number of pyridine rings is 1. The van der Waals surface area contributed by atoms with Crippen molar-refractivity contribution in [2.45, 2.75) is 32.6 Å². The van der Waals surface area contributed by atoms with Gasteiger partial charge in [-0.3, -0.25) is 4.57 Å². The fourth-order valence-electron chi connectivity index (χ4n) is 8.71. The maximum atomic E-state index is 9.11. The number of hydrogen-bond donors (Lipinski definition) is 0. The van der Waals surface area contributed by atoms with Crippen LogP contribution < -0.4 is 9.30 Å². The number of hydrogen-bond acceptors (Lipinski definition) is 2. The first-order valence-electron chi connectivity index (χ1n) is 26.2. The van der Waals surface area contributed by atoms with Gasteiger partial charge < -0.3 is 13.9 Å². The fraction of sp³-hybridized carbons (Fsp3) is 0.0847. The Hall–Kier alpha value is -7.33. The maximum Gasteiger partial charge on any atom is 0.268 e. The van der Waals surface area contributed by atoms with Crippen LogP contribution in [0.3, 0.4) is 0 Å². The molecule has 65 heavy (non-hydrogen) atoms. The molecule has 0 aliphatic rings. The van der Waals surface area contributed by atoms with Gasteiger partial charge in [-0.15, -0.1) is 29.7 Å². The van der Waals surface area contributed by atoms with Gasteiger partial charge in [0, 0.05) is 44.3 Å². The van der Waals surface area contributed by atoms with Gasteiger partial charge in [0.15, 0.2) is 0 Å². The van der Waals surface area contributed by atoms with Crippen molar-refractivity contribution in [1.82, 2.24) is 14.1 Å². The van der Waals surface area contributed by atoms with Crippen molar-refractivity contribution in [1.29, 1.82) is 0 Å². The molecule has 11 aromatic rings. The van der Waals surface area contributed by atoms with Crippen molar-refractivity contribution in [3.63, 3.8) is 0 Å². The van der Waals surface area contributed by atoms with Crippen molar-refractivity contribution in [3.8, 4) is 62.1 Å². The summed E-state index contributed by atoms with van der Waals surface area (Å²) in [6.07, 6.45) is 7.36. The van der Waals surface area contributed by atoms with Crippen LogP contribution in [0.25, 0.3) is 83.4 Å². The summed E-state index contributed by atoms with van der Waals surface area (Å²) in [6, 6.07) is 43.8. The van der Waals surface area contributed by atoms with Gasteiger partial charge in [-0.25, -0.2) is 4.98 Å². The van der Waals surface area contributed by atoms with Crippen molar-refractivity contribution in [3.05, 3.63) is 224 Å². The molecule has 0 fully saturated rings. The van der Waals surface area contributed by atoms with Gasteiger partial charge in [0.1, 0.15) is 5.82 Å². The zero-order chi connectivity index (χ0) is 51.7. The third kappa shape index (κ3) is 7.77. The molecule has 0 N–H and O–H groups in total. The first-order chi connectivity index (χ1) is 35.8. The third-order valence-corrected chi connectivity index (χ3v) is 11.8. The molecule has 0 saturated carbocycles. The number of rotatable bonds is 11. The zero-order valence-corrected chi connectivity index (χ0v) is 37.6. The SMILES string of the molecule is [2H]c1c([2H])c([2H])c(-c2cccc(-c3c([2H])c([2H])c([2H])c([2H])c3[2H])c2-[n+]2[c-]n(-c3[c-]c(Oc4[c-]c5c(cc4)c4ccccc4n5-c4cc(C(CC)CC)ccn4)ccc3)c3cc(-c4ccccc4)ccc32)c([2H])c1[2H].[Pt]. The molecule has 0 saturated heterocycles. The average Bonchev–Trinajstić information content (AvgIpc) is 3.98. The Morgan fingerprint density at radius 1 is 0.615 bits per heavy atom. The smallest absolute Gasteiger partial charge is 0.268 e. The number of imidazole rings is 1. The Kier molecular flexibility index (Phi) is 8.74. The number of aromatic nitrogens is 4. The van der Waals surface area contributed by atoms with Gasteiger partial charge in [0.2, 0.25) is 0 Å². The van der Waals surface area contributed by atoms with Gasteiger partial charge in [0.05, 0.1) is 30.4 Å². The van der Waals surface area contributed by atoms with E-state index in [0.29, 0.717) is 34.1 Å². The van der Waals surface area contributed by atoms with Crippen LogP contribution in [-0.2, 0) is 21.1 Å². The van der Waals surface area contributed by atoms with Crippen LogP contribution in [0.4, 0.5) is 0 Å². The molecule has 0 amide bonds. The van der Waals surface area contributed by atoms with E-state index in [9.17, 15) is 0 Å². The molecule has 3 heterocycles. The second-order valence-electron chi connectivity index (χ2n) is 15.4. The van der Waals surface area contributed by atoms with Crippen LogP contribution in [0.15, 0.2) is 200 Å². The van der Waals surface area contributed by atoms with Gasteiger partial charge >= 0.3 is 0 Å². The molecule has 0 atom stereocenters. The van der Waals surface area contributed by atoms with Gasteiger partial charge in [-0.2, -0.15) is 18.2 Å². The van der Waals surface area contributed by atoms with E-state index in [-0.39, 0.29) is 49.0 Å². The van der Waals surface area contributed by atoms with E-state index in [4.69, 9.17) is 23.4 Å². The largest absolute Gasteiger partial charge is 0.510 e. The molecule has 0 aliphatic carbocycles. The molecule has 0 radical (unpaired) electrons. The van der Waals surface area contributed by atoms with E-state index in [1.54, 1.807) is 33.4 Å². The maximum absolute atomic E-state index is 9.11. The molecule has 11 rings (SSSR count). The average molecular weight is 1030 g/mol. The van der Waals surface area contributed by atoms with Crippen molar-refractivity contribution in [2.75, 3.05) is 0 Å². The van der Waals surface area contributed by atoms with E-state index in [2.05, 4.69) is 61.1 Å². The van der Waals surface area contributed by atoms with E-state index in [1.165, 1.54) is 5.56 Å². The molecule has 3 aromatic heterocycles. The summed E-state index contributed by atoms with van der Waals surface area (Å²) in [4.78, 5) is 4.85. The predicted octanol–water partition coefficient (Wildman–Crippen LogP) is 14.5. The summed E-state index contributed by atoms with van der Waals surface area (Å²) in [5, 5.41) is 2.04. The Bertz CT molecular complexity index is 3920. The summed E-state index contributed by atoms with van der Waals surface area (Å²) in [5.74, 6) is 1.97. The molecular weight excluding hydrogens is 976 g/mol. The van der Waals surface area contributed by atoms with Gasteiger partial charge in [-0.05, 0) is 93.0 Å². The van der Waals surface area contributed by atoms with E-state index >= 15 is 0 Å². The number of ether oxygens (including phenoxy) is 1. The quantitative estimate of drug-likeness (QED) is 0.0956. The summed E-state index contributed by atoms with van der Waals surface area (Å²) < 4.78 is 100. The standard InChI is InChI=1S/C59H44N4O.Pt/c1-3-41(4-2)46-34-35-60-58(37-46)63-54-29-15-14-26-52(54)53-32-31-49(39-56(53)63)64-48-25-16-24-47(38-48)61-40-62(55-33-30-45(36-57(55)61)42-18-8-5-9-19-42)59-50(43-20-10-6-11-21-43)27-17-28-51(59)44-22-12-7-13-23-44;/h5-37,41H,3-4H2,1-2H3;/q-2;/i6D,7D,10D,11D,12D,13D,20D,21D,22D,23D;. The van der Waals surface area contributed by atoms with Crippen LogP contribution in [0, 0.1) is 18.5 Å². The Balaban J connectivity index is 0.00000641. The second-order valence-corrected chi connectivity index (χ2v) is 15.4. The summed E-state index contributed by atoms with van der Waals surface area (Å²) in [7, 11) is 0.